The van der Waals surface area contributed by atoms with Crippen LogP contribution in [0, 0.1) is 26.6 Å². The van der Waals surface area contributed by atoms with E-state index >= 15 is 0 Å². The number of sulfonamides is 1. The molecule has 0 unspecified atom stereocenters. The van der Waals surface area contributed by atoms with E-state index in [4.69, 9.17) is 0 Å². The summed E-state index contributed by atoms with van der Waals surface area (Å²) < 4.78 is 40.7. The summed E-state index contributed by atoms with van der Waals surface area (Å²) in [4.78, 5) is 20.0. The first-order valence-electron chi connectivity index (χ1n) is 10.3. The first kappa shape index (κ1) is 22.6. The third kappa shape index (κ3) is 4.32. The van der Waals surface area contributed by atoms with Crippen LogP contribution in [0.5, 0.6) is 0 Å². The number of aromatic nitrogens is 1. The largest absolute Gasteiger partial charge is 0.335 e. The molecule has 2 aromatic carbocycles. The molecule has 1 fully saturated rings. The predicted molar refractivity (Wildman–Crippen MR) is 123 cm³/mol. The number of carbonyl (C=O) groups is 1. The maximum Gasteiger partial charge on any atom is 0.265 e. The number of rotatable bonds is 4. The molecule has 1 aliphatic rings. The molecular weight excluding hydrogens is 449 g/mol. The van der Waals surface area contributed by atoms with Gasteiger partial charge in [-0.2, -0.15) is 4.31 Å². The monoisotopic (exact) mass is 473 g/mol. The Balaban J connectivity index is 1.47. The Labute approximate surface area is 191 Å². The highest BCUT2D eigenvalue weighted by Crippen LogP contribution is 2.29. The second kappa shape index (κ2) is 8.73. The molecule has 0 aliphatic carbocycles. The Hall–Kier alpha value is -2.62. The van der Waals surface area contributed by atoms with Crippen molar-refractivity contribution in [1.29, 1.82) is 0 Å². The number of nitrogens with zero attached hydrogens (tertiary/aromatic N) is 3. The lowest BCUT2D eigenvalue weighted by molar-refractivity contribution is 0.0702. The third-order valence-corrected chi connectivity index (χ3v) is 8.81. The molecule has 0 saturated carbocycles. The summed E-state index contributed by atoms with van der Waals surface area (Å²) >= 11 is 1.27. The van der Waals surface area contributed by atoms with Crippen LogP contribution in [0.2, 0.25) is 0 Å². The fraction of sp³-hybridized carbons (Fsp3) is 0.304. The van der Waals surface area contributed by atoms with Gasteiger partial charge in [-0.15, -0.1) is 11.3 Å². The van der Waals surface area contributed by atoms with Gasteiger partial charge in [-0.1, -0.05) is 6.07 Å². The Morgan fingerprint density at radius 3 is 2.25 bits per heavy atom. The van der Waals surface area contributed by atoms with Gasteiger partial charge in [-0.25, -0.2) is 17.8 Å². The van der Waals surface area contributed by atoms with Crippen molar-refractivity contribution >= 4 is 27.3 Å². The number of hydrogen-bond donors (Lipinski definition) is 0. The van der Waals surface area contributed by atoms with Crippen molar-refractivity contribution < 1.29 is 17.6 Å². The molecule has 168 valence electrons. The highest BCUT2D eigenvalue weighted by atomic mass is 32.2. The molecule has 0 radical (unpaired) electrons. The van der Waals surface area contributed by atoms with Gasteiger partial charge in [0.05, 0.1) is 10.6 Å². The zero-order valence-electron chi connectivity index (χ0n) is 18.1. The number of carbonyl (C=O) groups excluding carboxylic acids is 1. The van der Waals surface area contributed by atoms with E-state index in [9.17, 15) is 17.6 Å². The molecule has 1 amide bonds. The number of piperazine rings is 1. The minimum Gasteiger partial charge on any atom is -0.335 e. The summed E-state index contributed by atoms with van der Waals surface area (Å²) in [6, 6.07) is 11.1. The van der Waals surface area contributed by atoms with Crippen molar-refractivity contribution in [2.24, 2.45) is 0 Å². The smallest absolute Gasteiger partial charge is 0.265 e. The second-order valence-electron chi connectivity index (χ2n) is 7.88. The molecule has 0 spiro atoms. The van der Waals surface area contributed by atoms with Crippen LogP contribution in [-0.2, 0) is 10.0 Å². The van der Waals surface area contributed by atoms with Gasteiger partial charge >= 0.3 is 0 Å². The predicted octanol–water partition coefficient (Wildman–Crippen LogP) is 4.02. The molecule has 1 aromatic heterocycles. The number of hydrogen-bond acceptors (Lipinski definition) is 5. The summed E-state index contributed by atoms with van der Waals surface area (Å²) in [5, 5.41) is 0.654. The van der Waals surface area contributed by atoms with E-state index in [0.717, 1.165) is 16.7 Å². The number of amides is 1. The normalized spacial score (nSPS) is 15.2. The van der Waals surface area contributed by atoms with Gasteiger partial charge in [-0.3, -0.25) is 4.79 Å². The number of benzene rings is 2. The molecular formula is C23H24FN3O3S2. The molecule has 6 nitrogen and oxygen atoms in total. The Morgan fingerprint density at radius 2 is 1.62 bits per heavy atom. The van der Waals surface area contributed by atoms with Crippen LogP contribution in [0.15, 0.2) is 47.4 Å². The quantitative estimate of drug-likeness (QED) is 0.574. The molecule has 1 saturated heterocycles. The minimum atomic E-state index is -3.60. The average molecular weight is 474 g/mol. The highest BCUT2D eigenvalue weighted by Gasteiger charge is 2.31. The molecule has 1 aliphatic heterocycles. The summed E-state index contributed by atoms with van der Waals surface area (Å²) in [5.41, 5.74) is 3.34. The molecule has 9 heteroatoms. The fourth-order valence-electron chi connectivity index (χ4n) is 3.61. The average Bonchev–Trinajstić information content (AvgIpc) is 3.17. The molecule has 0 N–H and O–H groups in total. The standard InChI is InChI=1S/C23H24FN3O3S2/c1-15-4-9-20(14-16(15)2)32(29,30)27-12-10-26(11-13-27)23(28)21-17(3)25-22(31-21)18-5-7-19(24)8-6-18/h4-9,14H,10-13H2,1-3H3. The van der Waals surface area contributed by atoms with Crippen molar-refractivity contribution in [2.45, 2.75) is 25.7 Å². The summed E-state index contributed by atoms with van der Waals surface area (Å²) in [6.07, 6.45) is 0. The first-order chi connectivity index (χ1) is 15.2. The third-order valence-electron chi connectivity index (χ3n) is 5.72. The van der Waals surface area contributed by atoms with Crippen molar-refractivity contribution in [3.63, 3.8) is 0 Å². The van der Waals surface area contributed by atoms with Crippen LogP contribution in [0.25, 0.3) is 10.6 Å². The van der Waals surface area contributed by atoms with Gasteiger partial charge in [0, 0.05) is 31.7 Å². The minimum absolute atomic E-state index is 0.156. The Morgan fingerprint density at radius 1 is 0.969 bits per heavy atom. The van der Waals surface area contributed by atoms with Gasteiger partial charge in [0.25, 0.3) is 5.91 Å². The topological polar surface area (TPSA) is 70.6 Å². The highest BCUT2D eigenvalue weighted by molar-refractivity contribution is 7.89. The van der Waals surface area contributed by atoms with E-state index in [1.54, 1.807) is 36.1 Å². The van der Waals surface area contributed by atoms with E-state index in [0.29, 0.717) is 28.7 Å². The zero-order chi connectivity index (χ0) is 23.0. The van der Waals surface area contributed by atoms with Crippen LogP contribution in [0.4, 0.5) is 4.39 Å². The SMILES string of the molecule is Cc1ccc(S(=O)(=O)N2CCN(C(=O)c3sc(-c4ccc(F)cc4)nc3C)CC2)cc1C. The second-order valence-corrected chi connectivity index (χ2v) is 10.8. The molecule has 0 bridgehead atoms. The van der Waals surface area contributed by atoms with Crippen LogP contribution in [0.1, 0.15) is 26.5 Å². The fourth-order valence-corrected chi connectivity index (χ4v) is 6.16. The Kier molecular flexibility index (Phi) is 6.15. The molecule has 0 atom stereocenters. The lowest BCUT2D eigenvalue weighted by atomic mass is 10.1. The number of aryl methyl sites for hydroxylation is 3. The number of halogens is 1. The maximum absolute atomic E-state index is 13.2. The van der Waals surface area contributed by atoms with Crippen LogP contribution < -0.4 is 0 Å². The molecule has 3 aromatic rings. The van der Waals surface area contributed by atoms with Gasteiger partial charge in [-0.05, 0) is 68.3 Å². The van der Waals surface area contributed by atoms with E-state index in [1.165, 1.54) is 27.8 Å². The van der Waals surface area contributed by atoms with Crippen LogP contribution >= 0.6 is 11.3 Å². The molecule has 32 heavy (non-hydrogen) atoms. The summed E-state index contributed by atoms with van der Waals surface area (Å²) in [7, 11) is -3.60. The van der Waals surface area contributed by atoms with Gasteiger partial charge < -0.3 is 4.90 Å². The zero-order valence-corrected chi connectivity index (χ0v) is 19.8. The van der Waals surface area contributed by atoms with Crippen molar-refractivity contribution in [1.82, 2.24) is 14.2 Å². The van der Waals surface area contributed by atoms with Gasteiger partial charge in [0.2, 0.25) is 10.0 Å². The van der Waals surface area contributed by atoms with Crippen molar-refractivity contribution in [3.05, 3.63) is 70.0 Å². The van der Waals surface area contributed by atoms with Crippen molar-refractivity contribution in [3.8, 4) is 10.6 Å². The van der Waals surface area contributed by atoms with E-state index < -0.39 is 10.0 Å². The van der Waals surface area contributed by atoms with Gasteiger partial charge in [0.15, 0.2) is 0 Å². The van der Waals surface area contributed by atoms with Crippen LogP contribution in [0.3, 0.4) is 0 Å². The number of thiazole rings is 1. The van der Waals surface area contributed by atoms with Gasteiger partial charge in [0.1, 0.15) is 15.7 Å². The Bertz CT molecular complexity index is 1260. The summed E-state index contributed by atoms with van der Waals surface area (Å²) in [5.74, 6) is -0.483. The van der Waals surface area contributed by atoms with E-state index in [1.807, 2.05) is 19.9 Å². The first-order valence-corrected chi connectivity index (χ1v) is 12.5. The van der Waals surface area contributed by atoms with E-state index in [-0.39, 0.29) is 29.7 Å². The lowest BCUT2D eigenvalue weighted by Crippen LogP contribution is -2.50. The van der Waals surface area contributed by atoms with E-state index in [2.05, 4.69) is 4.98 Å². The van der Waals surface area contributed by atoms with Crippen molar-refractivity contribution in [2.75, 3.05) is 26.2 Å². The lowest BCUT2D eigenvalue weighted by Gasteiger charge is -2.34. The van der Waals surface area contributed by atoms with Crippen LogP contribution in [-0.4, -0.2) is 54.7 Å². The summed E-state index contributed by atoms with van der Waals surface area (Å²) in [6.45, 7) is 6.71. The maximum atomic E-state index is 13.2. The molecule has 4 rings (SSSR count). The molecule has 2 heterocycles.